The summed E-state index contributed by atoms with van der Waals surface area (Å²) in [6, 6.07) is 0.544. The van der Waals surface area contributed by atoms with Crippen molar-refractivity contribution in [1.82, 2.24) is 20.1 Å². The van der Waals surface area contributed by atoms with Crippen LogP contribution < -0.4 is 5.32 Å². The van der Waals surface area contributed by atoms with E-state index in [2.05, 4.69) is 36.3 Å². The number of aromatic nitrogens is 3. The second kappa shape index (κ2) is 6.32. The molecule has 1 aliphatic carbocycles. The predicted octanol–water partition coefficient (Wildman–Crippen LogP) is 2.25. The zero-order valence-corrected chi connectivity index (χ0v) is 11.9. The van der Waals surface area contributed by atoms with Crippen LogP contribution >= 0.6 is 0 Å². The number of likely N-dealkylation sites (N-methyl/N-ethyl adjacent to an activating group) is 1. The third kappa shape index (κ3) is 3.10. The Morgan fingerprint density at radius 1 is 1.50 bits per heavy atom. The van der Waals surface area contributed by atoms with Crippen molar-refractivity contribution >= 4 is 0 Å². The predicted molar refractivity (Wildman–Crippen MR) is 73.4 cm³/mol. The van der Waals surface area contributed by atoms with Gasteiger partial charge in [0, 0.05) is 19.0 Å². The van der Waals surface area contributed by atoms with Crippen molar-refractivity contribution in [1.29, 1.82) is 0 Å². The van der Waals surface area contributed by atoms with E-state index in [9.17, 15) is 0 Å². The highest BCUT2D eigenvalue weighted by Crippen LogP contribution is 2.31. The van der Waals surface area contributed by atoms with Crippen LogP contribution in [-0.4, -0.2) is 27.9 Å². The molecular formula is C14H26N4. The molecule has 0 amide bonds. The number of aryl methyl sites for hydroxylation is 1. The first-order valence-corrected chi connectivity index (χ1v) is 7.28. The van der Waals surface area contributed by atoms with Crippen LogP contribution in [0.15, 0.2) is 6.33 Å². The molecule has 2 rings (SSSR count). The number of rotatable bonds is 5. The maximum Gasteiger partial charge on any atom is 0.138 e. The van der Waals surface area contributed by atoms with E-state index in [-0.39, 0.29) is 0 Å². The van der Waals surface area contributed by atoms with E-state index in [4.69, 9.17) is 0 Å². The first-order chi connectivity index (χ1) is 8.74. The van der Waals surface area contributed by atoms with Crippen molar-refractivity contribution in [3.8, 4) is 0 Å². The molecular weight excluding hydrogens is 224 g/mol. The molecule has 1 aliphatic rings. The molecule has 18 heavy (non-hydrogen) atoms. The maximum absolute atomic E-state index is 4.40. The Hall–Kier alpha value is -0.900. The minimum absolute atomic E-state index is 0.544. The Kier molecular flexibility index (Phi) is 4.75. The van der Waals surface area contributed by atoms with Crippen LogP contribution in [0.5, 0.6) is 0 Å². The van der Waals surface area contributed by atoms with Gasteiger partial charge in [0.1, 0.15) is 12.2 Å². The van der Waals surface area contributed by atoms with Crippen molar-refractivity contribution in [3.63, 3.8) is 0 Å². The molecule has 1 saturated carbocycles. The van der Waals surface area contributed by atoms with Gasteiger partial charge in [-0.15, -0.1) is 0 Å². The molecule has 1 heterocycles. The molecule has 3 unspecified atom stereocenters. The Morgan fingerprint density at radius 2 is 2.33 bits per heavy atom. The molecule has 3 atom stereocenters. The van der Waals surface area contributed by atoms with Crippen LogP contribution in [0.1, 0.15) is 45.4 Å². The van der Waals surface area contributed by atoms with Gasteiger partial charge in [-0.25, -0.2) is 4.98 Å². The summed E-state index contributed by atoms with van der Waals surface area (Å²) in [5.41, 5.74) is 0. The van der Waals surface area contributed by atoms with Gasteiger partial charge in [-0.1, -0.05) is 19.8 Å². The summed E-state index contributed by atoms with van der Waals surface area (Å²) < 4.78 is 2.01. The Labute approximate surface area is 110 Å². The molecule has 1 aromatic heterocycles. The Bertz CT molecular complexity index is 360. The van der Waals surface area contributed by atoms with E-state index in [1.807, 2.05) is 4.68 Å². The zero-order valence-electron chi connectivity index (χ0n) is 11.9. The number of nitrogens with zero attached hydrogens (tertiary/aromatic N) is 3. The average Bonchev–Trinajstić information content (AvgIpc) is 2.83. The average molecular weight is 250 g/mol. The summed E-state index contributed by atoms with van der Waals surface area (Å²) in [7, 11) is 2.08. The monoisotopic (exact) mass is 250 g/mol. The summed E-state index contributed by atoms with van der Waals surface area (Å²) in [6.45, 7) is 5.41. The fourth-order valence-corrected chi connectivity index (χ4v) is 3.26. The fourth-order valence-electron chi connectivity index (χ4n) is 3.26. The largest absolute Gasteiger partial charge is 0.316 e. The molecule has 0 aliphatic heterocycles. The second-order valence-corrected chi connectivity index (χ2v) is 5.62. The second-order valence-electron chi connectivity index (χ2n) is 5.62. The highest BCUT2D eigenvalue weighted by atomic mass is 15.3. The quantitative estimate of drug-likeness (QED) is 0.871. The van der Waals surface area contributed by atoms with E-state index in [1.165, 1.54) is 25.7 Å². The van der Waals surface area contributed by atoms with Crippen molar-refractivity contribution < 1.29 is 0 Å². The summed E-state index contributed by atoms with van der Waals surface area (Å²) in [6.07, 6.45) is 8.17. The van der Waals surface area contributed by atoms with E-state index >= 15 is 0 Å². The van der Waals surface area contributed by atoms with E-state index in [0.29, 0.717) is 6.04 Å². The zero-order chi connectivity index (χ0) is 13.0. The van der Waals surface area contributed by atoms with Gasteiger partial charge < -0.3 is 5.32 Å². The van der Waals surface area contributed by atoms with E-state index in [0.717, 1.165) is 30.6 Å². The molecule has 1 N–H and O–H groups in total. The Morgan fingerprint density at radius 3 is 3.00 bits per heavy atom. The molecule has 0 aromatic carbocycles. The molecule has 1 aromatic rings. The van der Waals surface area contributed by atoms with Crippen LogP contribution in [0.2, 0.25) is 0 Å². The standard InChI is InChI=1S/C14H26N4/c1-4-18-14(16-10-17-18)9-13(15-3)12-7-5-6-11(2)8-12/h10-13,15H,4-9H2,1-3H3. The van der Waals surface area contributed by atoms with Crippen molar-refractivity contribution in [2.24, 2.45) is 11.8 Å². The fraction of sp³-hybridized carbons (Fsp3) is 0.857. The molecule has 4 nitrogen and oxygen atoms in total. The summed E-state index contributed by atoms with van der Waals surface area (Å²) in [5.74, 6) is 2.79. The normalized spacial score (nSPS) is 26.2. The summed E-state index contributed by atoms with van der Waals surface area (Å²) in [5, 5.41) is 7.76. The van der Waals surface area contributed by atoms with Crippen LogP contribution in [0, 0.1) is 11.8 Å². The van der Waals surface area contributed by atoms with Gasteiger partial charge in [-0.3, -0.25) is 4.68 Å². The van der Waals surface area contributed by atoms with Gasteiger partial charge in [-0.2, -0.15) is 5.10 Å². The third-order valence-corrected chi connectivity index (χ3v) is 4.31. The minimum Gasteiger partial charge on any atom is -0.316 e. The molecule has 0 spiro atoms. The first-order valence-electron chi connectivity index (χ1n) is 7.28. The van der Waals surface area contributed by atoms with Crippen molar-refractivity contribution in [2.75, 3.05) is 7.05 Å². The molecule has 4 heteroatoms. The minimum atomic E-state index is 0.544. The van der Waals surface area contributed by atoms with Gasteiger partial charge in [0.05, 0.1) is 0 Å². The van der Waals surface area contributed by atoms with E-state index in [1.54, 1.807) is 6.33 Å². The summed E-state index contributed by atoms with van der Waals surface area (Å²) >= 11 is 0. The highest BCUT2D eigenvalue weighted by Gasteiger charge is 2.26. The lowest BCUT2D eigenvalue weighted by Crippen LogP contribution is -2.38. The number of hydrogen-bond donors (Lipinski definition) is 1. The lowest BCUT2D eigenvalue weighted by atomic mass is 9.77. The van der Waals surface area contributed by atoms with Gasteiger partial charge in [0.25, 0.3) is 0 Å². The highest BCUT2D eigenvalue weighted by molar-refractivity contribution is 4.93. The third-order valence-electron chi connectivity index (χ3n) is 4.31. The topological polar surface area (TPSA) is 42.7 Å². The van der Waals surface area contributed by atoms with Gasteiger partial charge >= 0.3 is 0 Å². The van der Waals surface area contributed by atoms with Crippen LogP contribution in [0.3, 0.4) is 0 Å². The number of hydrogen-bond acceptors (Lipinski definition) is 3. The number of nitrogens with one attached hydrogen (secondary N) is 1. The molecule has 0 radical (unpaired) electrons. The molecule has 1 fully saturated rings. The molecule has 102 valence electrons. The SMILES string of the molecule is CCn1ncnc1CC(NC)C1CCCC(C)C1. The summed E-state index contributed by atoms with van der Waals surface area (Å²) in [4.78, 5) is 4.40. The van der Waals surface area contributed by atoms with Gasteiger partial charge in [0.2, 0.25) is 0 Å². The van der Waals surface area contributed by atoms with E-state index < -0.39 is 0 Å². The molecule has 0 saturated heterocycles. The smallest absolute Gasteiger partial charge is 0.138 e. The van der Waals surface area contributed by atoms with Crippen LogP contribution in [0.4, 0.5) is 0 Å². The first kappa shape index (κ1) is 13.5. The maximum atomic E-state index is 4.40. The lowest BCUT2D eigenvalue weighted by molar-refractivity contribution is 0.224. The van der Waals surface area contributed by atoms with Crippen molar-refractivity contribution in [2.45, 2.75) is 58.5 Å². The Balaban J connectivity index is 2.00. The van der Waals surface area contributed by atoms with Crippen molar-refractivity contribution in [3.05, 3.63) is 12.2 Å². The van der Waals surface area contributed by atoms with Crippen LogP contribution in [0.25, 0.3) is 0 Å². The van der Waals surface area contributed by atoms with Crippen LogP contribution in [-0.2, 0) is 13.0 Å². The molecule has 0 bridgehead atoms. The van der Waals surface area contributed by atoms with Gasteiger partial charge in [0.15, 0.2) is 0 Å². The van der Waals surface area contributed by atoms with Gasteiger partial charge in [-0.05, 0) is 38.6 Å². The lowest BCUT2D eigenvalue weighted by Gasteiger charge is -2.33.